The lowest BCUT2D eigenvalue weighted by atomic mass is 10.1. The van der Waals surface area contributed by atoms with Gasteiger partial charge in [0.05, 0.1) is 0 Å². The predicted octanol–water partition coefficient (Wildman–Crippen LogP) is 4.59. The molecule has 23 heavy (non-hydrogen) atoms. The monoisotopic (exact) mass is 422 g/mol. The molecule has 0 unspecified atom stereocenters. The van der Waals surface area contributed by atoms with Crippen molar-refractivity contribution in [3.05, 3.63) is 57.2 Å². The smallest absolute Gasteiger partial charge is 0.255 e. The quantitative estimate of drug-likeness (QED) is 0.693. The third-order valence-electron chi connectivity index (χ3n) is 3.34. The normalized spacial score (nSPS) is 10.2. The van der Waals surface area contributed by atoms with Crippen LogP contribution >= 0.6 is 22.6 Å². The highest BCUT2D eigenvalue weighted by Crippen LogP contribution is 2.17. The second kappa shape index (κ2) is 8.10. The summed E-state index contributed by atoms with van der Waals surface area (Å²) < 4.78 is 1.06. The van der Waals surface area contributed by atoms with Crippen LogP contribution in [0, 0.1) is 10.5 Å². The first-order chi connectivity index (χ1) is 11.0. The van der Waals surface area contributed by atoms with Crippen molar-refractivity contribution < 1.29 is 9.59 Å². The molecule has 2 aromatic rings. The average molecular weight is 422 g/mol. The second-order valence-corrected chi connectivity index (χ2v) is 6.46. The highest BCUT2D eigenvalue weighted by molar-refractivity contribution is 14.1. The fourth-order valence-corrected chi connectivity index (χ4v) is 2.54. The summed E-state index contributed by atoms with van der Waals surface area (Å²) in [5.74, 6) is -0.149. The number of carbonyl (C=O) groups is 2. The number of carbonyl (C=O) groups excluding carboxylic acids is 2. The number of halogens is 1. The van der Waals surface area contributed by atoms with E-state index >= 15 is 0 Å². The number of aryl methyl sites for hydroxylation is 1. The summed E-state index contributed by atoms with van der Waals surface area (Å²) in [5, 5.41) is 5.67. The number of benzene rings is 2. The maximum absolute atomic E-state index is 12.2. The first kappa shape index (κ1) is 17.5. The Morgan fingerprint density at radius 1 is 1.00 bits per heavy atom. The Morgan fingerprint density at radius 3 is 2.17 bits per heavy atom. The maximum Gasteiger partial charge on any atom is 0.255 e. The van der Waals surface area contributed by atoms with Crippen molar-refractivity contribution in [1.82, 2.24) is 0 Å². The van der Waals surface area contributed by atoms with Gasteiger partial charge in [-0.2, -0.15) is 0 Å². The van der Waals surface area contributed by atoms with E-state index in [0.717, 1.165) is 21.2 Å². The number of nitrogens with one attached hydrogen (secondary N) is 2. The molecule has 0 heterocycles. The van der Waals surface area contributed by atoms with E-state index in [2.05, 4.69) is 33.2 Å². The van der Waals surface area contributed by atoms with Crippen molar-refractivity contribution in [3.63, 3.8) is 0 Å². The van der Waals surface area contributed by atoms with Gasteiger partial charge in [-0.1, -0.05) is 13.0 Å². The van der Waals surface area contributed by atoms with Crippen LogP contribution in [0.15, 0.2) is 42.5 Å². The van der Waals surface area contributed by atoms with Crippen LogP contribution in [0.5, 0.6) is 0 Å². The number of rotatable bonds is 5. The fraction of sp³-hybridized carbons (Fsp3) is 0.222. The van der Waals surface area contributed by atoms with Gasteiger partial charge in [0.15, 0.2) is 0 Å². The van der Waals surface area contributed by atoms with Gasteiger partial charge in [-0.15, -0.1) is 0 Å². The second-order valence-electron chi connectivity index (χ2n) is 5.29. The van der Waals surface area contributed by atoms with Crippen molar-refractivity contribution in [2.75, 3.05) is 10.6 Å². The van der Waals surface area contributed by atoms with Gasteiger partial charge in [0.25, 0.3) is 5.91 Å². The third-order valence-corrected chi connectivity index (χ3v) is 4.50. The van der Waals surface area contributed by atoms with E-state index in [4.69, 9.17) is 0 Å². The topological polar surface area (TPSA) is 58.2 Å². The zero-order valence-corrected chi connectivity index (χ0v) is 15.3. The molecule has 0 aliphatic rings. The Hall–Kier alpha value is -1.89. The van der Waals surface area contributed by atoms with Gasteiger partial charge >= 0.3 is 0 Å². The molecule has 2 amide bonds. The van der Waals surface area contributed by atoms with Gasteiger partial charge in [-0.05, 0) is 77.9 Å². The van der Waals surface area contributed by atoms with E-state index in [1.54, 1.807) is 24.3 Å². The first-order valence-corrected chi connectivity index (χ1v) is 8.55. The molecule has 5 heteroatoms. The number of anilines is 2. The van der Waals surface area contributed by atoms with E-state index in [9.17, 15) is 9.59 Å². The summed E-state index contributed by atoms with van der Waals surface area (Å²) >= 11 is 2.22. The van der Waals surface area contributed by atoms with Crippen molar-refractivity contribution in [2.24, 2.45) is 0 Å². The summed E-state index contributed by atoms with van der Waals surface area (Å²) in [7, 11) is 0. The minimum absolute atomic E-state index is 0.00137. The lowest BCUT2D eigenvalue weighted by molar-refractivity contribution is -0.116. The Balaban J connectivity index is 2.01. The Labute approximate surface area is 149 Å². The van der Waals surface area contributed by atoms with Gasteiger partial charge in [0.1, 0.15) is 0 Å². The number of hydrogen-bond donors (Lipinski definition) is 2. The lowest BCUT2D eigenvalue weighted by Gasteiger charge is -2.08. The zero-order chi connectivity index (χ0) is 16.8. The molecule has 0 spiro atoms. The van der Waals surface area contributed by atoms with E-state index in [1.807, 2.05) is 32.0 Å². The SMILES string of the molecule is CCCC(=O)Nc1ccc(NC(=O)c2ccc(C)c(I)c2)cc1. The molecule has 0 fully saturated rings. The average Bonchev–Trinajstić information content (AvgIpc) is 2.52. The first-order valence-electron chi connectivity index (χ1n) is 7.47. The van der Waals surface area contributed by atoms with Crippen LogP contribution in [0.1, 0.15) is 35.7 Å². The van der Waals surface area contributed by atoms with Crippen LogP contribution in [0.25, 0.3) is 0 Å². The van der Waals surface area contributed by atoms with Crippen LogP contribution in [-0.2, 0) is 4.79 Å². The minimum Gasteiger partial charge on any atom is -0.326 e. The highest BCUT2D eigenvalue weighted by Gasteiger charge is 2.08. The highest BCUT2D eigenvalue weighted by atomic mass is 127. The Bertz CT molecular complexity index is 711. The maximum atomic E-state index is 12.2. The molecule has 0 saturated heterocycles. The van der Waals surface area contributed by atoms with Crippen LogP contribution in [0.2, 0.25) is 0 Å². The Morgan fingerprint density at radius 2 is 1.61 bits per heavy atom. The number of amides is 2. The molecule has 4 nitrogen and oxygen atoms in total. The molecule has 0 radical (unpaired) electrons. The van der Waals surface area contributed by atoms with Crippen molar-refractivity contribution in [3.8, 4) is 0 Å². The zero-order valence-electron chi connectivity index (χ0n) is 13.2. The van der Waals surface area contributed by atoms with Crippen LogP contribution in [0.3, 0.4) is 0 Å². The van der Waals surface area contributed by atoms with Crippen LogP contribution < -0.4 is 10.6 Å². The molecule has 0 aromatic heterocycles. The van der Waals surface area contributed by atoms with Gasteiger partial charge in [0, 0.05) is 26.9 Å². The minimum atomic E-state index is -0.148. The van der Waals surface area contributed by atoms with E-state index in [-0.39, 0.29) is 11.8 Å². The van der Waals surface area contributed by atoms with Crippen LogP contribution in [-0.4, -0.2) is 11.8 Å². The molecule has 120 valence electrons. The summed E-state index contributed by atoms with van der Waals surface area (Å²) in [6.45, 7) is 3.97. The third kappa shape index (κ3) is 5.06. The van der Waals surface area contributed by atoms with Gasteiger partial charge in [-0.3, -0.25) is 9.59 Å². The van der Waals surface area contributed by atoms with Gasteiger partial charge in [0.2, 0.25) is 5.91 Å². The summed E-state index contributed by atoms with van der Waals surface area (Å²) in [6.07, 6.45) is 1.32. The molecule has 2 rings (SSSR count). The van der Waals surface area contributed by atoms with E-state index in [1.165, 1.54) is 0 Å². The van der Waals surface area contributed by atoms with Gasteiger partial charge < -0.3 is 10.6 Å². The van der Waals surface area contributed by atoms with E-state index in [0.29, 0.717) is 17.7 Å². The molecule has 0 saturated carbocycles. The fourth-order valence-electron chi connectivity index (χ4n) is 2.02. The molecule has 0 atom stereocenters. The molecule has 2 aromatic carbocycles. The largest absolute Gasteiger partial charge is 0.326 e. The molecular weight excluding hydrogens is 403 g/mol. The van der Waals surface area contributed by atoms with E-state index < -0.39 is 0 Å². The molecular formula is C18H19IN2O2. The molecule has 2 N–H and O–H groups in total. The number of hydrogen-bond acceptors (Lipinski definition) is 2. The van der Waals surface area contributed by atoms with Crippen LogP contribution in [0.4, 0.5) is 11.4 Å². The summed E-state index contributed by atoms with van der Waals surface area (Å²) in [5.41, 5.74) is 3.19. The van der Waals surface area contributed by atoms with Crippen molar-refractivity contribution >= 4 is 45.8 Å². The van der Waals surface area contributed by atoms with Gasteiger partial charge in [-0.25, -0.2) is 0 Å². The summed E-state index contributed by atoms with van der Waals surface area (Å²) in [6, 6.07) is 12.7. The lowest BCUT2D eigenvalue weighted by Crippen LogP contribution is -2.13. The molecule has 0 bridgehead atoms. The standard InChI is InChI=1S/C18H19IN2O2/c1-3-4-17(22)20-14-7-9-15(10-8-14)21-18(23)13-6-5-12(2)16(19)11-13/h5-11H,3-4H2,1-2H3,(H,20,22)(H,21,23). The van der Waals surface area contributed by atoms with Crippen molar-refractivity contribution in [1.29, 1.82) is 0 Å². The molecule has 0 aliphatic heterocycles. The Kier molecular flexibility index (Phi) is 6.15. The van der Waals surface area contributed by atoms with Crippen molar-refractivity contribution in [2.45, 2.75) is 26.7 Å². The predicted molar refractivity (Wildman–Crippen MR) is 102 cm³/mol. The molecule has 0 aliphatic carbocycles. The summed E-state index contributed by atoms with van der Waals surface area (Å²) in [4.78, 5) is 23.8.